The number of nitrogens with one attached hydrogen (secondary N) is 1. The van der Waals surface area contributed by atoms with Crippen molar-refractivity contribution in [1.29, 1.82) is 0 Å². The van der Waals surface area contributed by atoms with Crippen LogP contribution < -0.4 is 11.1 Å². The largest absolute Gasteiger partial charge is 0.495 e. The maximum atomic E-state index is 5.62. The van der Waals surface area contributed by atoms with Gasteiger partial charge in [0.05, 0.1) is 6.04 Å². The Morgan fingerprint density at radius 2 is 2.55 bits per heavy atom. The van der Waals surface area contributed by atoms with Crippen molar-refractivity contribution >= 4 is 0 Å². The molecule has 2 rings (SSSR count). The first-order valence-electron chi connectivity index (χ1n) is 3.89. The highest BCUT2D eigenvalue weighted by Crippen LogP contribution is 2.18. The number of ether oxygens (including phenoxy) is 1. The van der Waals surface area contributed by atoms with E-state index in [1.54, 1.807) is 0 Å². The predicted molar refractivity (Wildman–Crippen MR) is 42.7 cm³/mol. The van der Waals surface area contributed by atoms with Crippen molar-refractivity contribution in [3.63, 3.8) is 0 Å². The Labute approximate surface area is 65.9 Å². The minimum atomic E-state index is 0.371. The van der Waals surface area contributed by atoms with Gasteiger partial charge in [-0.05, 0) is 6.42 Å². The Balaban J connectivity index is 2.17. The third-order valence-electron chi connectivity index (χ3n) is 2.00. The van der Waals surface area contributed by atoms with Crippen LogP contribution in [0.25, 0.3) is 0 Å². The number of hydrogen-bond acceptors (Lipinski definition) is 3. The molecule has 1 saturated heterocycles. The maximum absolute atomic E-state index is 5.62. The van der Waals surface area contributed by atoms with Gasteiger partial charge in [-0.25, -0.2) is 0 Å². The van der Waals surface area contributed by atoms with E-state index in [1.165, 1.54) is 0 Å². The fraction of sp³-hybridized carbons (Fsp3) is 0.500. The van der Waals surface area contributed by atoms with E-state index in [9.17, 15) is 0 Å². The van der Waals surface area contributed by atoms with Crippen LogP contribution in [0.15, 0.2) is 23.6 Å². The lowest BCUT2D eigenvalue weighted by Gasteiger charge is -2.28. The number of fused-ring (bicyclic) bond motifs is 1. The summed E-state index contributed by atoms with van der Waals surface area (Å²) in [6, 6.07) is 0.371. The Hall–Kier alpha value is -0.960. The quantitative estimate of drug-likeness (QED) is 0.517. The summed E-state index contributed by atoms with van der Waals surface area (Å²) in [6.45, 7) is 1.70. The van der Waals surface area contributed by atoms with Crippen LogP contribution in [0, 0.1) is 0 Å². The zero-order valence-corrected chi connectivity index (χ0v) is 6.34. The van der Waals surface area contributed by atoms with Crippen LogP contribution in [-0.2, 0) is 4.74 Å². The van der Waals surface area contributed by atoms with Crippen LogP contribution >= 0.6 is 0 Å². The minimum Gasteiger partial charge on any atom is -0.495 e. The van der Waals surface area contributed by atoms with Gasteiger partial charge < -0.3 is 15.8 Å². The van der Waals surface area contributed by atoms with Crippen molar-refractivity contribution in [2.24, 2.45) is 5.73 Å². The van der Waals surface area contributed by atoms with Gasteiger partial charge in [-0.2, -0.15) is 0 Å². The lowest BCUT2D eigenvalue weighted by Crippen LogP contribution is -2.40. The molecule has 11 heavy (non-hydrogen) atoms. The Morgan fingerprint density at radius 1 is 1.64 bits per heavy atom. The Bertz CT molecular complexity index is 220. The SMILES string of the molecule is NC1=CCC2NCCOC2=C1. The topological polar surface area (TPSA) is 47.3 Å². The number of morpholine rings is 1. The second-order valence-corrected chi connectivity index (χ2v) is 2.84. The molecule has 1 unspecified atom stereocenters. The first-order chi connectivity index (χ1) is 5.36. The van der Waals surface area contributed by atoms with Gasteiger partial charge in [0.15, 0.2) is 0 Å². The Kier molecular flexibility index (Phi) is 1.58. The second-order valence-electron chi connectivity index (χ2n) is 2.84. The molecule has 1 fully saturated rings. The molecule has 1 aliphatic carbocycles. The summed E-state index contributed by atoms with van der Waals surface area (Å²) >= 11 is 0. The molecule has 0 saturated carbocycles. The molecule has 0 aromatic heterocycles. The average Bonchev–Trinajstić information content (AvgIpc) is 2.04. The van der Waals surface area contributed by atoms with Crippen LogP contribution in [0.2, 0.25) is 0 Å². The monoisotopic (exact) mass is 152 g/mol. The summed E-state index contributed by atoms with van der Waals surface area (Å²) in [7, 11) is 0. The summed E-state index contributed by atoms with van der Waals surface area (Å²) in [6.07, 6.45) is 4.88. The summed E-state index contributed by atoms with van der Waals surface area (Å²) in [5.74, 6) is 0.997. The highest BCUT2D eigenvalue weighted by Gasteiger charge is 2.21. The van der Waals surface area contributed by atoms with E-state index in [0.717, 1.165) is 31.0 Å². The predicted octanol–water partition coefficient (Wildman–Crippen LogP) is 0.105. The van der Waals surface area contributed by atoms with E-state index in [1.807, 2.05) is 12.2 Å². The molecule has 3 nitrogen and oxygen atoms in total. The molecule has 1 atom stereocenters. The van der Waals surface area contributed by atoms with Gasteiger partial charge in [0.1, 0.15) is 12.4 Å². The van der Waals surface area contributed by atoms with Crippen molar-refractivity contribution in [2.75, 3.05) is 13.2 Å². The molecule has 0 aromatic rings. The molecular weight excluding hydrogens is 140 g/mol. The third kappa shape index (κ3) is 1.24. The average molecular weight is 152 g/mol. The normalized spacial score (nSPS) is 29.6. The van der Waals surface area contributed by atoms with Gasteiger partial charge in [0.2, 0.25) is 0 Å². The van der Waals surface area contributed by atoms with Gasteiger partial charge >= 0.3 is 0 Å². The molecule has 0 spiro atoms. The van der Waals surface area contributed by atoms with Gasteiger partial charge in [-0.3, -0.25) is 0 Å². The van der Waals surface area contributed by atoms with E-state index in [-0.39, 0.29) is 0 Å². The lowest BCUT2D eigenvalue weighted by molar-refractivity contribution is 0.147. The van der Waals surface area contributed by atoms with E-state index in [0.29, 0.717) is 6.04 Å². The molecule has 60 valence electrons. The smallest absolute Gasteiger partial charge is 0.115 e. The second kappa shape index (κ2) is 2.58. The van der Waals surface area contributed by atoms with Crippen LogP contribution in [0.3, 0.4) is 0 Å². The van der Waals surface area contributed by atoms with Crippen LogP contribution in [0.5, 0.6) is 0 Å². The number of allylic oxidation sites excluding steroid dienone is 1. The molecule has 1 aliphatic heterocycles. The van der Waals surface area contributed by atoms with E-state index in [4.69, 9.17) is 10.5 Å². The third-order valence-corrected chi connectivity index (χ3v) is 2.00. The molecule has 3 N–H and O–H groups in total. The van der Waals surface area contributed by atoms with Crippen molar-refractivity contribution in [2.45, 2.75) is 12.5 Å². The zero-order valence-electron chi connectivity index (χ0n) is 6.34. The van der Waals surface area contributed by atoms with Crippen LogP contribution in [0.1, 0.15) is 6.42 Å². The van der Waals surface area contributed by atoms with Gasteiger partial charge in [-0.15, -0.1) is 0 Å². The molecule has 2 aliphatic rings. The highest BCUT2D eigenvalue weighted by molar-refractivity contribution is 5.27. The van der Waals surface area contributed by atoms with Crippen LogP contribution in [-0.4, -0.2) is 19.2 Å². The highest BCUT2D eigenvalue weighted by atomic mass is 16.5. The van der Waals surface area contributed by atoms with Crippen molar-refractivity contribution in [3.8, 4) is 0 Å². The standard InChI is InChI=1S/C8H12N2O/c9-6-1-2-7-8(5-6)11-4-3-10-7/h1,5,7,10H,2-4,9H2. The van der Waals surface area contributed by atoms with E-state index < -0.39 is 0 Å². The fourth-order valence-electron chi connectivity index (χ4n) is 1.42. The van der Waals surface area contributed by atoms with Gasteiger partial charge in [-0.1, -0.05) is 6.08 Å². The van der Waals surface area contributed by atoms with Gasteiger partial charge in [0.25, 0.3) is 0 Å². The lowest BCUT2D eigenvalue weighted by atomic mass is 10.0. The Morgan fingerprint density at radius 3 is 3.45 bits per heavy atom. The van der Waals surface area contributed by atoms with Crippen LogP contribution in [0.4, 0.5) is 0 Å². The number of rotatable bonds is 0. The molecule has 0 aromatic carbocycles. The number of hydrogen-bond donors (Lipinski definition) is 2. The van der Waals surface area contributed by atoms with Gasteiger partial charge in [0, 0.05) is 18.3 Å². The summed E-state index contributed by atoms with van der Waals surface area (Å²) in [4.78, 5) is 0. The summed E-state index contributed by atoms with van der Waals surface area (Å²) in [5.41, 5.74) is 6.44. The van der Waals surface area contributed by atoms with E-state index in [2.05, 4.69) is 5.32 Å². The van der Waals surface area contributed by atoms with Crippen molar-refractivity contribution in [3.05, 3.63) is 23.6 Å². The first kappa shape index (κ1) is 6.73. The molecule has 0 bridgehead atoms. The van der Waals surface area contributed by atoms with E-state index >= 15 is 0 Å². The molecule has 0 amide bonds. The van der Waals surface area contributed by atoms with Crippen molar-refractivity contribution < 1.29 is 4.74 Å². The zero-order chi connectivity index (χ0) is 7.68. The maximum Gasteiger partial charge on any atom is 0.115 e. The van der Waals surface area contributed by atoms with Crippen molar-refractivity contribution in [1.82, 2.24) is 5.32 Å². The molecule has 0 radical (unpaired) electrons. The molecule has 3 heteroatoms. The summed E-state index contributed by atoms with van der Waals surface area (Å²) < 4.78 is 5.43. The minimum absolute atomic E-state index is 0.371. The number of nitrogens with two attached hydrogens (primary N) is 1. The fourth-order valence-corrected chi connectivity index (χ4v) is 1.42. The first-order valence-corrected chi connectivity index (χ1v) is 3.89. The molecule has 1 heterocycles. The summed E-state index contributed by atoms with van der Waals surface area (Å²) in [5, 5.41) is 3.35. The molecular formula is C8H12N2O.